The number of nitrogens with zero attached hydrogens (tertiary/aromatic N) is 2. The molecule has 0 saturated heterocycles. The van der Waals surface area contributed by atoms with E-state index < -0.39 is 25.1 Å². The summed E-state index contributed by atoms with van der Waals surface area (Å²) in [6.45, 7) is 5.56. The van der Waals surface area contributed by atoms with Gasteiger partial charge in [-0.2, -0.15) is 0 Å². The van der Waals surface area contributed by atoms with Crippen molar-refractivity contribution < 1.29 is 18.1 Å². The van der Waals surface area contributed by atoms with Crippen LogP contribution in [0.4, 0.5) is 0 Å². The first kappa shape index (κ1) is 54.4. The normalized spacial score (nSPS) is 12.3. The molecule has 6 nitrogen and oxygen atoms in total. The minimum atomic E-state index is -2.61. The van der Waals surface area contributed by atoms with Crippen LogP contribution < -0.4 is 42.4 Å². The van der Waals surface area contributed by atoms with E-state index in [4.69, 9.17) is 65.3 Å². The largest absolute Gasteiger partial charge is 0.341 e. The van der Waals surface area contributed by atoms with Gasteiger partial charge < -0.3 is 18.1 Å². The molecule has 0 fully saturated rings. The molecule has 0 atom stereocenters. The lowest BCUT2D eigenvalue weighted by molar-refractivity contribution is 0.143. The van der Waals surface area contributed by atoms with Crippen LogP contribution in [-0.2, 0) is 65.3 Å². The molecule has 0 N–H and O–H groups in total. The Labute approximate surface area is 447 Å². The fraction of sp³-hybridized carbons (Fsp3) is 0.172. The first-order valence-electron chi connectivity index (χ1n) is 24.1. The third-order valence-electron chi connectivity index (χ3n) is 12.2. The third-order valence-corrected chi connectivity index (χ3v) is 28.6. The Balaban J connectivity index is 1.06. The van der Waals surface area contributed by atoms with Crippen molar-refractivity contribution in [2.24, 2.45) is 0 Å². The van der Waals surface area contributed by atoms with Gasteiger partial charge in [-0.25, -0.2) is 0 Å². The topological polar surface area (TPSA) is 43.4 Å². The maximum atomic E-state index is 6.96. The summed E-state index contributed by atoms with van der Waals surface area (Å²) in [5.41, 5.74) is 0. The van der Waals surface area contributed by atoms with E-state index in [0.29, 0.717) is 65.7 Å². The smallest absolute Gasteiger partial charge is 0.123 e. The number of rotatable bonds is 27. The molecule has 0 aliphatic rings. The van der Waals surface area contributed by atoms with Gasteiger partial charge in [0.05, 0.1) is 26.4 Å². The van der Waals surface area contributed by atoms with Crippen LogP contribution in [0.3, 0.4) is 0 Å². The summed E-state index contributed by atoms with van der Waals surface area (Å²) < 4.78 is 27.8. The minimum Gasteiger partial charge on any atom is -0.341 e. The molecular weight excluding hydrogens is 1040 g/mol. The van der Waals surface area contributed by atoms with Crippen LogP contribution in [0, 0.1) is 0 Å². The van der Waals surface area contributed by atoms with E-state index >= 15 is 0 Å². The van der Waals surface area contributed by atoms with Crippen LogP contribution in [-0.4, -0.2) is 75.5 Å². The lowest BCUT2D eigenvalue weighted by Crippen LogP contribution is -2.41. The highest BCUT2D eigenvalue weighted by Gasteiger charge is 2.28. The molecule has 0 spiro atoms. The summed E-state index contributed by atoms with van der Waals surface area (Å²) in [6.07, 6.45) is -10.4. The maximum Gasteiger partial charge on any atom is 0.123 e. The number of hydrogen-bond donors (Lipinski definition) is 0. The van der Waals surface area contributed by atoms with Crippen LogP contribution in [0.1, 0.15) is 0 Å². The first-order valence-corrected chi connectivity index (χ1v) is 35.0. The van der Waals surface area contributed by atoms with Crippen LogP contribution in [0.15, 0.2) is 243 Å². The van der Waals surface area contributed by atoms with E-state index in [1.165, 1.54) is 0 Å². The molecule has 14 heteroatoms. The Morgan fingerprint density at radius 3 is 0.500 bits per heavy atom. The van der Waals surface area contributed by atoms with Crippen molar-refractivity contribution in [3.05, 3.63) is 243 Å². The first-order chi connectivity index (χ1) is 35.2. The lowest BCUT2D eigenvalue weighted by Gasteiger charge is -2.31. The van der Waals surface area contributed by atoms with Gasteiger partial charge in [0.2, 0.25) is 0 Å². The van der Waals surface area contributed by atoms with Crippen molar-refractivity contribution in [3.63, 3.8) is 0 Å². The van der Waals surface area contributed by atoms with Crippen molar-refractivity contribution in [2.45, 2.75) is 0 Å². The van der Waals surface area contributed by atoms with Crippen LogP contribution in [0.25, 0.3) is 0 Å². The molecule has 370 valence electrons. The zero-order valence-corrected chi connectivity index (χ0v) is 47.0. The van der Waals surface area contributed by atoms with Crippen LogP contribution in [0.2, 0.25) is 0 Å². The second-order valence-electron chi connectivity index (χ2n) is 16.9. The second kappa shape index (κ2) is 27.1. The van der Waals surface area contributed by atoms with Gasteiger partial charge in [-0.05, 0) is 0 Å². The summed E-state index contributed by atoms with van der Waals surface area (Å²) >= 11 is 26.1. The van der Waals surface area contributed by atoms with Crippen molar-refractivity contribution >= 4 is 115 Å². The fourth-order valence-corrected chi connectivity index (χ4v) is 20.4. The molecule has 0 heterocycles. The zero-order chi connectivity index (χ0) is 50.0. The monoisotopic (exact) mass is 1100 g/mol. The molecule has 72 heavy (non-hydrogen) atoms. The highest BCUT2D eigenvalue weighted by atomic mass is 32.5. The van der Waals surface area contributed by atoms with Gasteiger partial charge in [0, 0.05) is 81.7 Å². The fourth-order valence-electron chi connectivity index (χ4n) is 8.33. The maximum absolute atomic E-state index is 6.96. The highest BCUT2D eigenvalue weighted by molar-refractivity contribution is 8.20. The molecule has 0 aliphatic heterocycles. The SMILES string of the molecule is S=P(OCCN(CCOP(=S)(c1ccccc1)c1ccccc1)CCN(CCOP(=S)(c1ccccc1)c1ccccc1)CCOP(=S)(c1ccccc1)c1ccccc1)(c1ccccc1)c1ccccc1. The van der Waals surface area contributed by atoms with Crippen molar-refractivity contribution in [1.82, 2.24) is 9.80 Å². The lowest BCUT2D eigenvalue weighted by atomic mass is 10.4. The van der Waals surface area contributed by atoms with E-state index in [9.17, 15) is 0 Å². The predicted molar refractivity (Wildman–Crippen MR) is 322 cm³/mol. The van der Waals surface area contributed by atoms with Crippen molar-refractivity contribution in [2.75, 3.05) is 65.7 Å². The summed E-state index contributed by atoms with van der Waals surface area (Å²) in [5.74, 6) is 0. The summed E-state index contributed by atoms with van der Waals surface area (Å²) in [6, 6.07) is 82.1. The van der Waals surface area contributed by atoms with Gasteiger partial charge in [0.25, 0.3) is 0 Å². The Morgan fingerprint density at radius 1 is 0.222 bits per heavy atom. The van der Waals surface area contributed by atoms with Crippen LogP contribution in [0.5, 0.6) is 0 Å². The average molecular weight is 1100 g/mol. The summed E-state index contributed by atoms with van der Waals surface area (Å²) in [5, 5.41) is 8.20. The summed E-state index contributed by atoms with van der Waals surface area (Å²) in [4.78, 5) is 4.83. The van der Waals surface area contributed by atoms with Gasteiger partial charge in [-0.3, -0.25) is 9.80 Å². The van der Waals surface area contributed by atoms with E-state index in [2.05, 4.69) is 107 Å². The Bertz CT molecular complexity index is 2480. The highest BCUT2D eigenvalue weighted by Crippen LogP contribution is 2.48. The van der Waals surface area contributed by atoms with Gasteiger partial charge in [0.1, 0.15) is 25.1 Å². The molecule has 0 aliphatic carbocycles. The summed E-state index contributed by atoms with van der Waals surface area (Å²) in [7, 11) is 0. The van der Waals surface area contributed by atoms with Crippen LogP contribution >= 0.6 is 25.1 Å². The van der Waals surface area contributed by atoms with E-state index in [1.807, 2.05) is 146 Å². The second-order valence-corrected chi connectivity index (χ2v) is 32.7. The molecular formula is C58H60N2O4P4S4. The quantitative estimate of drug-likeness (QED) is 0.0466. The molecule has 0 saturated carbocycles. The molecule has 8 rings (SSSR count). The molecule has 0 amide bonds. The Kier molecular flexibility index (Phi) is 20.4. The van der Waals surface area contributed by atoms with Gasteiger partial charge in [-0.15, -0.1) is 0 Å². The standard InChI is InChI=1S/C58H60N2O4P4S4/c69-65(51-25-9-1-10-26-51,52-27-11-2-12-28-52)61-47-43-59(44-48-62-66(70,53-29-13-3-14-30-53)54-31-15-4-16-32-54)41-42-60(45-49-63-67(71,55-33-17-5-18-34-55)56-35-19-6-20-36-56)46-50-64-68(72,57-37-21-7-22-38-57)58-39-23-8-24-40-58/h1-40H,41-50H2. The molecule has 8 aromatic carbocycles. The van der Waals surface area contributed by atoms with Gasteiger partial charge in [0.15, 0.2) is 0 Å². The van der Waals surface area contributed by atoms with E-state index in [1.54, 1.807) is 0 Å². The molecule has 0 unspecified atom stereocenters. The molecule has 8 aromatic rings. The van der Waals surface area contributed by atoms with Gasteiger partial charge >= 0.3 is 0 Å². The van der Waals surface area contributed by atoms with Gasteiger partial charge in [-0.1, -0.05) is 290 Å². The number of hydrogen-bond acceptors (Lipinski definition) is 10. The minimum absolute atomic E-state index is 0.424. The zero-order valence-electron chi connectivity index (χ0n) is 40.1. The molecule has 0 aromatic heterocycles. The predicted octanol–water partition coefficient (Wildman–Crippen LogP) is 9.84. The third kappa shape index (κ3) is 14.1. The van der Waals surface area contributed by atoms with Crippen molar-refractivity contribution in [3.8, 4) is 0 Å². The van der Waals surface area contributed by atoms with E-state index in [0.717, 1.165) is 42.4 Å². The Hall–Kier alpha value is -3.88. The average Bonchev–Trinajstić information content (AvgIpc) is 3.45. The van der Waals surface area contributed by atoms with E-state index in [-0.39, 0.29) is 0 Å². The molecule has 0 radical (unpaired) electrons. The Morgan fingerprint density at radius 2 is 0.361 bits per heavy atom. The number of benzene rings is 8. The van der Waals surface area contributed by atoms with Crippen molar-refractivity contribution in [1.29, 1.82) is 0 Å². The molecule has 0 bridgehead atoms.